The number of rotatable bonds is 1. The second kappa shape index (κ2) is 4.68. The quantitative estimate of drug-likeness (QED) is 0.693. The lowest BCUT2D eigenvalue weighted by Crippen LogP contribution is -2.34. The lowest BCUT2D eigenvalue weighted by atomic mass is 10.1. The highest BCUT2D eigenvalue weighted by Gasteiger charge is 2.35. The minimum Gasteiger partial charge on any atom is -0.493 e. The van der Waals surface area contributed by atoms with Crippen molar-refractivity contribution in [2.75, 3.05) is 7.11 Å². The highest BCUT2D eigenvalue weighted by atomic mass is 16.5. The highest BCUT2D eigenvalue weighted by molar-refractivity contribution is 6.01. The minimum absolute atomic E-state index is 0.631. The fraction of sp³-hybridized carbons (Fsp3) is 0.100. The van der Waals surface area contributed by atoms with Crippen molar-refractivity contribution in [3.8, 4) is 11.5 Å². The van der Waals surface area contributed by atoms with E-state index in [4.69, 9.17) is 19.5 Å². The standard InChI is InChI=1S/C20H14N2O2/c1-23-17-10-13-6-2-4-8-15(13)18-19(17)24-20(12-21-18)11-14-7-3-5-9-16(14)22-20/h2-12H,1H3. The SMILES string of the molecule is COc1cc2ccccc2c2c1OC1(C=N2)C=c2ccccc2=N1. The highest BCUT2D eigenvalue weighted by Crippen LogP contribution is 2.47. The molecule has 0 saturated carbocycles. The number of ether oxygens (including phenoxy) is 2. The summed E-state index contributed by atoms with van der Waals surface area (Å²) in [7, 11) is 1.64. The summed E-state index contributed by atoms with van der Waals surface area (Å²) >= 11 is 0. The van der Waals surface area contributed by atoms with Gasteiger partial charge in [-0.3, -0.25) is 0 Å². The van der Waals surface area contributed by atoms with E-state index >= 15 is 0 Å². The number of fused-ring (bicyclic) bond motifs is 4. The number of hydrogen-bond donors (Lipinski definition) is 0. The van der Waals surface area contributed by atoms with Crippen molar-refractivity contribution < 1.29 is 9.47 Å². The van der Waals surface area contributed by atoms with Crippen LogP contribution in [-0.4, -0.2) is 19.0 Å². The zero-order chi connectivity index (χ0) is 16.1. The van der Waals surface area contributed by atoms with E-state index in [1.54, 1.807) is 13.3 Å². The average Bonchev–Trinajstić information content (AvgIpc) is 2.98. The molecular formula is C20H14N2O2. The van der Waals surface area contributed by atoms with E-state index in [1.165, 1.54) is 0 Å². The Kier molecular flexibility index (Phi) is 2.59. The second-order valence-corrected chi connectivity index (χ2v) is 5.90. The van der Waals surface area contributed by atoms with Gasteiger partial charge < -0.3 is 9.47 Å². The van der Waals surface area contributed by atoms with Crippen LogP contribution in [0.4, 0.5) is 5.69 Å². The third-order valence-corrected chi connectivity index (χ3v) is 4.40. The van der Waals surface area contributed by atoms with Crippen molar-refractivity contribution >= 4 is 28.8 Å². The van der Waals surface area contributed by atoms with Crippen LogP contribution in [0.15, 0.2) is 64.6 Å². The molecule has 0 saturated heterocycles. The maximum Gasteiger partial charge on any atom is 0.257 e. The first kappa shape index (κ1) is 13.3. The summed E-state index contributed by atoms with van der Waals surface area (Å²) in [6.07, 6.45) is 3.75. The van der Waals surface area contributed by atoms with E-state index in [0.29, 0.717) is 11.5 Å². The third-order valence-electron chi connectivity index (χ3n) is 4.40. The van der Waals surface area contributed by atoms with Gasteiger partial charge in [0.2, 0.25) is 0 Å². The Labute approximate surface area is 138 Å². The van der Waals surface area contributed by atoms with E-state index < -0.39 is 5.72 Å². The van der Waals surface area contributed by atoms with Gasteiger partial charge in [0, 0.05) is 10.6 Å². The largest absolute Gasteiger partial charge is 0.493 e. The number of hydrogen-bond acceptors (Lipinski definition) is 4. The van der Waals surface area contributed by atoms with Gasteiger partial charge in [0.05, 0.1) is 18.7 Å². The Morgan fingerprint density at radius 2 is 1.88 bits per heavy atom. The number of methoxy groups -OCH3 is 1. The lowest BCUT2D eigenvalue weighted by molar-refractivity contribution is 0.208. The summed E-state index contributed by atoms with van der Waals surface area (Å²) in [5, 5.41) is 4.06. The van der Waals surface area contributed by atoms with Gasteiger partial charge in [0.25, 0.3) is 5.72 Å². The number of aliphatic imine (C=N–C) groups is 1. The van der Waals surface area contributed by atoms with Crippen LogP contribution in [0.25, 0.3) is 16.8 Å². The third kappa shape index (κ3) is 1.80. The van der Waals surface area contributed by atoms with Crippen LogP contribution in [-0.2, 0) is 0 Å². The topological polar surface area (TPSA) is 43.2 Å². The van der Waals surface area contributed by atoms with E-state index in [0.717, 1.165) is 27.0 Å². The van der Waals surface area contributed by atoms with Crippen LogP contribution in [0.5, 0.6) is 11.5 Å². The molecule has 2 aliphatic rings. The monoisotopic (exact) mass is 314 g/mol. The maximum absolute atomic E-state index is 6.30. The summed E-state index contributed by atoms with van der Waals surface area (Å²) in [5.74, 6) is 1.30. The van der Waals surface area contributed by atoms with Gasteiger partial charge in [-0.1, -0.05) is 42.5 Å². The normalized spacial score (nSPS) is 20.0. The molecule has 3 aromatic rings. The van der Waals surface area contributed by atoms with E-state index in [1.807, 2.05) is 60.7 Å². The summed E-state index contributed by atoms with van der Waals surface area (Å²) in [4.78, 5) is 9.41. The zero-order valence-corrected chi connectivity index (χ0v) is 13.1. The molecular weight excluding hydrogens is 300 g/mol. The van der Waals surface area contributed by atoms with Crippen molar-refractivity contribution in [2.45, 2.75) is 5.72 Å². The van der Waals surface area contributed by atoms with Crippen molar-refractivity contribution in [3.63, 3.8) is 0 Å². The Morgan fingerprint density at radius 3 is 2.75 bits per heavy atom. The smallest absolute Gasteiger partial charge is 0.257 e. The first-order valence-corrected chi connectivity index (χ1v) is 7.80. The summed E-state index contributed by atoms with van der Waals surface area (Å²) < 4.78 is 11.8. The molecule has 0 bridgehead atoms. The van der Waals surface area contributed by atoms with Crippen LogP contribution in [0.3, 0.4) is 0 Å². The lowest BCUT2D eigenvalue weighted by Gasteiger charge is -2.28. The molecule has 5 rings (SSSR count). The molecule has 2 aliphatic heterocycles. The first-order chi connectivity index (χ1) is 11.8. The summed E-state index contributed by atoms with van der Waals surface area (Å²) in [5.41, 5.74) is -0.109. The van der Waals surface area contributed by atoms with Crippen LogP contribution in [0.1, 0.15) is 0 Å². The Bertz CT molecular complexity index is 1100. The van der Waals surface area contributed by atoms with Gasteiger partial charge in [0.15, 0.2) is 11.5 Å². The fourth-order valence-corrected chi connectivity index (χ4v) is 3.28. The number of para-hydroxylation sites is 1. The van der Waals surface area contributed by atoms with Gasteiger partial charge in [-0.15, -0.1) is 0 Å². The molecule has 0 N–H and O–H groups in total. The predicted octanol–water partition coefficient (Wildman–Crippen LogP) is 2.75. The van der Waals surface area contributed by atoms with E-state index in [2.05, 4.69) is 0 Å². The molecule has 0 fully saturated rings. The average molecular weight is 314 g/mol. The second-order valence-electron chi connectivity index (χ2n) is 5.90. The van der Waals surface area contributed by atoms with Gasteiger partial charge >= 0.3 is 0 Å². The Balaban J connectivity index is 1.75. The molecule has 1 unspecified atom stereocenters. The first-order valence-electron chi connectivity index (χ1n) is 7.80. The Morgan fingerprint density at radius 1 is 1.04 bits per heavy atom. The molecule has 0 aromatic heterocycles. The molecule has 1 atom stereocenters. The Hall–Kier alpha value is -3.14. The predicted molar refractivity (Wildman–Crippen MR) is 93.7 cm³/mol. The minimum atomic E-state index is -0.896. The maximum atomic E-state index is 6.30. The molecule has 1 spiro atoms. The van der Waals surface area contributed by atoms with Crippen molar-refractivity contribution in [1.82, 2.24) is 0 Å². The van der Waals surface area contributed by atoms with Gasteiger partial charge in [-0.25, -0.2) is 9.98 Å². The van der Waals surface area contributed by atoms with Gasteiger partial charge in [0.1, 0.15) is 5.69 Å². The van der Waals surface area contributed by atoms with E-state index in [9.17, 15) is 0 Å². The van der Waals surface area contributed by atoms with Gasteiger partial charge in [-0.2, -0.15) is 0 Å². The molecule has 116 valence electrons. The summed E-state index contributed by atoms with van der Waals surface area (Å²) in [6.45, 7) is 0. The molecule has 24 heavy (non-hydrogen) atoms. The molecule has 2 heterocycles. The molecule has 4 heteroatoms. The molecule has 0 radical (unpaired) electrons. The molecule has 0 amide bonds. The molecule has 3 aromatic carbocycles. The van der Waals surface area contributed by atoms with Crippen molar-refractivity contribution in [1.29, 1.82) is 0 Å². The molecule has 4 nitrogen and oxygen atoms in total. The van der Waals surface area contributed by atoms with Crippen molar-refractivity contribution in [3.05, 3.63) is 65.2 Å². The van der Waals surface area contributed by atoms with E-state index in [-0.39, 0.29) is 0 Å². The van der Waals surface area contributed by atoms with Crippen molar-refractivity contribution in [2.24, 2.45) is 9.98 Å². The molecule has 0 aliphatic carbocycles. The summed E-state index contributed by atoms with van der Waals surface area (Å²) in [6, 6.07) is 18.0. The van der Waals surface area contributed by atoms with Gasteiger partial charge in [-0.05, 0) is 23.6 Å². The van der Waals surface area contributed by atoms with Crippen LogP contribution in [0.2, 0.25) is 0 Å². The number of nitrogens with zero attached hydrogens (tertiary/aromatic N) is 2. The zero-order valence-electron chi connectivity index (χ0n) is 13.1. The number of benzene rings is 3. The van der Waals surface area contributed by atoms with Crippen LogP contribution < -0.4 is 20.0 Å². The van der Waals surface area contributed by atoms with Crippen LogP contribution in [0, 0.1) is 0 Å². The van der Waals surface area contributed by atoms with Crippen LogP contribution >= 0.6 is 0 Å². The fourth-order valence-electron chi connectivity index (χ4n) is 3.28.